The Hall–Kier alpha value is -2.14. The molecule has 126 valence electrons. The van der Waals surface area contributed by atoms with E-state index in [1.165, 1.54) is 11.3 Å². The number of hydrogen-bond donors (Lipinski definition) is 1. The average molecular weight is 343 g/mol. The third kappa shape index (κ3) is 3.85. The maximum Gasteiger partial charge on any atom is 0.339 e. The first-order valence-electron chi connectivity index (χ1n) is 8.26. The lowest BCUT2D eigenvalue weighted by atomic mass is 9.96. The lowest BCUT2D eigenvalue weighted by molar-refractivity contribution is -0.124. The van der Waals surface area contributed by atoms with E-state index in [9.17, 15) is 9.59 Å². The summed E-state index contributed by atoms with van der Waals surface area (Å²) in [6.07, 6.45) is 4.27. The Bertz CT molecular complexity index is 723. The smallest absolute Gasteiger partial charge is 0.339 e. The summed E-state index contributed by atoms with van der Waals surface area (Å²) in [5.41, 5.74) is 2.78. The van der Waals surface area contributed by atoms with Gasteiger partial charge in [0.1, 0.15) is 0 Å². The predicted molar refractivity (Wildman–Crippen MR) is 94.2 cm³/mol. The van der Waals surface area contributed by atoms with Gasteiger partial charge in [-0.15, -0.1) is 11.3 Å². The molecular weight excluding hydrogens is 322 g/mol. The molecule has 24 heavy (non-hydrogen) atoms. The number of benzene rings is 1. The summed E-state index contributed by atoms with van der Waals surface area (Å²) in [7, 11) is 0. The number of fused-ring (bicyclic) bond motifs is 1. The van der Waals surface area contributed by atoms with Gasteiger partial charge in [0.15, 0.2) is 6.61 Å². The van der Waals surface area contributed by atoms with Crippen LogP contribution in [0, 0.1) is 0 Å². The molecule has 0 bridgehead atoms. The second-order valence-corrected chi connectivity index (χ2v) is 7.00. The lowest BCUT2D eigenvalue weighted by Gasteiger charge is -2.15. The van der Waals surface area contributed by atoms with Crippen molar-refractivity contribution < 1.29 is 14.3 Å². The summed E-state index contributed by atoms with van der Waals surface area (Å²) in [5.74, 6) is -0.680. The Morgan fingerprint density at radius 3 is 2.75 bits per heavy atom. The molecule has 1 amide bonds. The summed E-state index contributed by atoms with van der Waals surface area (Å²) in [4.78, 5) is 25.5. The molecular formula is C19H21NO3S. The average Bonchev–Trinajstić information content (AvgIpc) is 3.04. The molecule has 1 atom stereocenters. The number of rotatable bonds is 5. The van der Waals surface area contributed by atoms with Crippen LogP contribution in [0.1, 0.15) is 52.2 Å². The van der Waals surface area contributed by atoms with Gasteiger partial charge in [0.05, 0.1) is 11.6 Å². The number of aryl methyl sites for hydroxylation is 1. The van der Waals surface area contributed by atoms with Gasteiger partial charge in [-0.25, -0.2) is 4.79 Å². The summed E-state index contributed by atoms with van der Waals surface area (Å²) in [6.45, 7) is 1.66. The molecule has 0 aliphatic heterocycles. The first kappa shape index (κ1) is 16.7. The molecule has 1 aliphatic rings. The van der Waals surface area contributed by atoms with Gasteiger partial charge in [-0.05, 0) is 43.7 Å². The number of thiophene rings is 1. The van der Waals surface area contributed by atoms with Crippen LogP contribution >= 0.6 is 11.3 Å². The molecule has 0 fully saturated rings. The molecule has 3 rings (SSSR count). The van der Waals surface area contributed by atoms with Gasteiger partial charge in [0, 0.05) is 10.3 Å². The monoisotopic (exact) mass is 343 g/mol. The first-order valence-corrected chi connectivity index (χ1v) is 9.14. The summed E-state index contributed by atoms with van der Waals surface area (Å²) in [5, 5.41) is 4.71. The highest BCUT2D eigenvalue weighted by Gasteiger charge is 2.21. The number of carbonyl (C=O) groups excluding carboxylic acids is 2. The van der Waals surface area contributed by atoms with E-state index in [0.717, 1.165) is 30.4 Å². The summed E-state index contributed by atoms with van der Waals surface area (Å²) >= 11 is 1.62. The molecule has 1 heterocycles. The SMILES string of the molecule is C[C@H](NC(=O)COC(=O)c1csc2c1CCCC2)c1ccccc1. The second kappa shape index (κ2) is 7.62. The number of ether oxygens (including phenoxy) is 1. The van der Waals surface area contributed by atoms with Crippen molar-refractivity contribution in [2.24, 2.45) is 0 Å². The van der Waals surface area contributed by atoms with Crippen LogP contribution in [0.5, 0.6) is 0 Å². The molecule has 0 spiro atoms. The quantitative estimate of drug-likeness (QED) is 0.843. The molecule has 0 radical (unpaired) electrons. The van der Waals surface area contributed by atoms with Crippen LogP contribution in [0.3, 0.4) is 0 Å². The van der Waals surface area contributed by atoms with Crippen molar-refractivity contribution in [1.29, 1.82) is 0 Å². The Kier molecular flexibility index (Phi) is 5.30. The molecule has 1 aromatic heterocycles. The van der Waals surface area contributed by atoms with Gasteiger partial charge >= 0.3 is 5.97 Å². The number of hydrogen-bond acceptors (Lipinski definition) is 4. The zero-order valence-corrected chi connectivity index (χ0v) is 14.5. The molecule has 4 nitrogen and oxygen atoms in total. The molecule has 0 unspecified atom stereocenters. The number of carbonyl (C=O) groups is 2. The van der Waals surface area contributed by atoms with Crippen LogP contribution in [0.25, 0.3) is 0 Å². The number of amides is 1. The maximum atomic E-state index is 12.2. The largest absolute Gasteiger partial charge is 0.452 e. The lowest BCUT2D eigenvalue weighted by Crippen LogP contribution is -2.31. The molecule has 1 N–H and O–H groups in total. The van der Waals surface area contributed by atoms with Crippen LogP contribution in [0.2, 0.25) is 0 Å². The van der Waals surface area contributed by atoms with Crippen molar-refractivity contribution in [3.63, 3.8) is 0 Å². The van der Waals surface area contributed by atoms with Gasteiger partial charge in [0.25, 0.3) is 5.91 Å². The van der Waals surface area contributed by atoms with Crippen LogP contribution in [-0.2, 0) is 22.4 Å². The van der Waals surface area contributed by atoms with Crippen LogP contribution < -0.4 is 5.32 Å². The minimum atomic E-state index is -0.392. The van der Waals surface area contributed by atoms with Crippen molar-refractivity contribution in [3.05, 3.63) is 57.3 Å². The second-order valence-electron chi connectivity index (χ2n) is 6.03. The Labute approximate surface area is 145 Å². The minimum absolute atomic E-state index is 0.119. The molecule has 1 aromatic carbocycles. The standard InChI is InChI=1S/C19H21NO3S/c1-13(14-7-3-2-4-8-14)20-18(21)11-23-19(22)16-12-24-17-10-6-5-9-15(16)17/h2-4,7-8,12-13H,5-6,9-11H2,1H3,(H,20,21)/t13-/m0/s1. The fraction of sp³-hybridized carbons (Fsp3) is 0.368. The first-order chi connectivity index (χ1) is 11.6. The molecule has 0 saturated carbocycles. The van der Waals surface area contributed by atoms with Crippen LogP contribution in [0.4, 0.5) is 0 Å². The van der Waals surface area contributed by atoms with Crippen molar-refractivity contribution in [3.8, 4) is 0 Å². The van der Waals surface area contributed by atoms with Crippen molar-refractivity contribution in [2.75, 3.05) is 6.61 Å². The van der Waals surface area contributed by atoms with E-state index < -0.39 is 5.97 Å². The zero-order chi connectivity index (χ0) is 16.9. The normalized spacial score (nSPS) is 14.5. The zero-order valence-electron chi connectivity index (χ0n) is 13.7. The van der Waals surface area contributed by atoms with Crippen molar-refractivity contribution in [1.82, 2.24) is 5.32 Å². The predicted octanol–water partition coefficient (Wildman–Crippen LogP) is 3.66. The topological polar surface area (TPSA) is 55.4 Å². The van der Waals surface area contributed by atoms with Gasteiger partial charge in [-0.3, -0.25) is 4.79 Å². The van der Waals surface area contributed by atoms with Crippen molar-refractivity contribution in [2.45, 2.75) is 38.6 Å². The van der Waals surface area contributed by atoms with Crippen LogP contribution in [-0.4, -0.2) is 18.5 Å². The van der Waals surface area contributed by atoms with Gasteiger partial charge in [-0.1, -0.05) is 30.3 Å². The molecule has 2 aromatic rings. The highest BCUT2D eigenvalue weighted by molar-refractivity contribution is 7.10. The Morgan fingerprint density at radius 1 is 1.21 bits per heavy atom. The Morgan fingerprint density at radius 2 is 1.96 bits per heavy atom. The van der Waals surface area contributed by atoms with E-state index in [1.807, 2.05) is 42.6 Å². The van der Waals surface area contributed by atoms with E-state index in [2.05, 4.69) is 5.32 Å². The van der Waals surface area contributed by atoms with Crippen molar-refractivity contribution >= 4 is 23.2 Å². The number of esters is 1. The fourth-order valence-corrected chi connectivity index (χ4v) is 4.10. The highest BCUT2D eigenvalue weighted by atomic mass is 32.1. The van der Waals surface area contributed by atoms with Gasteiger partial charge in [-0.2, -0.15) is 0 Å². The highest BCUT2D eigenvalue weighted by Crippen LogP contribution is 2.30. The third-order valence-corrected chi connectivity index (χ3v) is 5.38. The fourth-order valence-electron chi connectivity index (χ4n) is 2.98. The maximum absolute atomic E-state index is 12.2. The minimum Gasteiger partial charge on any atom is -0.452 e. The van der Waals surface area contributed by atoms with Gasteiger partial charge in [0.2, 0.25) is 0 Å². The molecule has 5 heteroatoms. The van der Waals surface area contributed by atoms with E-state index in [4.69, 9.17) is 4.74 Å². The number of nitrogens with one attached hydrogen (secondary N) is 1. The summed E-state index contributed by atoms with van der Waals surface area (Å²) < 4.78 is 5.21. The van der Waals surface area contributed by atoms with E-state index in [0.29, 0.717) is 5.56 Å². The third-order valence-electron chi connectivity index (χ3n) is 4.29. The van der Waals surface area contributed by atoms with E-state index >= 15 is 0 Å². The van der Waals surface area contributed by atoms with Gasteiger partial charge < -0.3 is 10.1 Å². The molecule has 1 aliphatic carbocycles. The summed E-state index contributed by atoms with van der Waals surface area (Å²) in [6, 6.07) is 9.58. The van der Waals surface area contributed by atoms with E-state index in [1.54, 1.807) is 11.3 Å². The Balaban J connectivity index is 1.53. The van der Waals surface area contributed by atoms with E-state index in [-0.39, 0.29) is 18.6 Å². The van der Waals surface area contributed by atoms with Crippen LogP contribution in [0.15, 0.2) is 35.7 Å². The molecule has 0 saturated heterocycles.